The lowest BCUT2D eigenvalue weighted by molar-refractivity contribution is 0.104. The topological polar surface area (TPSA) is 41.5 Å². The molecule has 2 unspecified atom stereocenters. The van der Waals surface area contributed by atoms with Gasteiger partial charge in [0.25, 0.3) is 0 Å². The summed E-state index contributed by atoms with van der Waals surface area (Å²) in [6.07, 6.45) is -0.589. The van der Waals surface area contributed by atoms with E-state index in [4.69, 9.17) is 16.3 Å². The Morgan fingerprint density at radius 1 is 1.23 bits per heavy atom. The minimum Gasteiger partial charge on any atom is -0.490 e. The van der Waals surface area contributed by atoms with Gasteiger partial charge in [0.1, 0.15) is 18.5 Å². The zero-order valence-electron chi connectivity index (χ0n) is 12.3. The molecule has 0 aromatic heterocycles. The summed E-state index contributed by atoms with van der Waals surface area (Å²) < 4.78 is 6.47. The molecule has 0 radical (unpaired) electrons. The Kier molecular flexibility index (Phi) is 6.70. The molecule has 0 fully saturated rings. The molecule has 3 nitrogen and oxygen atoms in total. The lowest BCUT2D eigenvalue weighted by Gasteiger charge is -2.18. The van der Waals surface area contributed by atoms with Gasteiger partial charge < -0.3 is 15.2 Å². The first-order valence-electron chi connectivity index (χ1n) is 7.10. The average Bonchev–Trinajstić information content (AvgIpc) is 2.52. The standard InChI is InChI=1S/C17H19BrClNO2/c1-12(13-5-4-6-14(19)9-13)20-10-15(21)11-22-17-8-3-2-7-16(17)18/h2-9,12,15,20-21H,10-11H2,1H3. The van der Waals surface area contributed by atoms with Crippen molar-refractivity contribution < 1.29 is 9.84 Å². The number of benzene rings is 2. The molecule has 0 saturated carbocycles. The zero-order chi connectivity index (χ0) is 15.9. The van der Waals surface area contributed by atoms with E-state index < -0.39 is 6.10 Å². The molecule has 0 saturated heterocycles. The Hall–Kier alpha value is -1.07. The van der Waals surface area contributed by atoms with E-state index in [9.17, 15) is 5.11 Å². The number of aliphatic hydroxyl groups is 1. The van der Waals surface area contributed by atoms with Crippen LogP contribution in [0.5, 0.6) is 5.75 Å². The summed E-state index contributed by atoms with van der Waals surface area (Å²) in [6, 6.07) is 15.4. The second-order valence-electron chi connectivity index (χ2n) is 5.08. The van der Waals surface area contributed by atoms with Gasteiger partial charge >= 0.3 is 0 Å². The molecule has 2 aromatic carbocycles. The number of hydrogen-bond acceptors (Lipinski definition) is 3. The van der Waals surface area contributed by atoms with Gasteiger partial charge in [0.05, 0.1) is 4.47 Å². The summed E-state index contributed by atoms with van der Waals surface area (Å²) >= 11 is 9.39. The monoisotopic (exact) mass is 383 g/mol. The SMILES string of the molecule is CC(NCC(O)COc1ccccc1Br)c1cccc(Cl)c1. The molecule has 0 bridgehead atoms. The molecule has 0 spiro atoms. The highest BCUT2D eigenvalue weighted by atomic mass is 79.9. The Morgan fingerprint density at radius 2 is 2.00 bits per heavy atom. The lowest BCUT2D eigenvalue weighted by Crippen LogP contribution is -2.33. The van der Waals surface area contributed by atoms with Crippen molar-refractivity contribution in [3.8, 4) is 5.75 Å². The molecule has 2 aromatic rings. The van der Waals surface area contributed by atoms with Gasteiger partial charge in [0, 0.05) is 17.6 Å². The van der Waals surface area contributed by atoms with E-state index in [0.717, 1.165) is 15.8 Å². The highest BCUT2D eigenvalue weighted by molar-refractivity contribution is 9.10. The van der Waals surface area contributed by atoms with Crippen LogP contribution in [0.1, 0.15) is 18.5 Å². The third-order valence-corrected chi connectivity index (χ3v) is 4.17. The molecule has 2 N–H and O–H groups in total. The predicted octanol–water partition coefficient (Wildman–Crippen LogP) is 4.19. The smallest absolute Gasteiger partial charge is 0.133 e. The fraction of sp³-hybridized carbons (Fsp3) is 0.294. The summed E-state index contributed by atoms with van der Waals surface area (Å²) in [6.45, 7) is 2.71. The fourth-order valence-electron chi connectivity index (χ4n) is 2.01. The van der Waals surface area contributed by atoms with E-state index in [1.54, 1.807) is 0 Å². The molecule has 5 heteroatoms. The number of rotatable bonds is 7. The highest BCUT2D eigenvalue weighted by Gasteiger charge is 2.10. The molecular weight excluding hydrogens is 366 g/mol. The van der Waals surface area contributed by atoms with Crippen LogP contribution < -0.4 is 10.1 Å². The van der Waals surface area contributed by atoms with Crippen LogP contribution in [0.4, 0.5) is 0 Å². The quantitative estimate of drug-likeness (QED) is 0.752. The van der Waals surface area contributed by atoms with Crippen LogP contribution in [0.3, 0.4) is 0 Å². The second-order valence-corrected chi connectivity index (χ2v) is 6.37. The Bertz CT molecular complexity index is 609. The van der Waals surface area contributed by atoms with Crippen molar-refractivity contribution in [2.75, 3.05) is 13.2 Å². The summed E-state index contributed by atoms with van der Waals surface area (Å²) in [7, 11) is 0. The molecule has 0 aliphatic carbocycles. The summed E-state index contributed by atoms with van der Waals surface area (Å²) in [5.41, 5.74) is 1.09. The summed E-state index contributed by atoms with van der Waals surface area (Å²) in [5.74, 6) is 0.726. The van der Waals surface area contributed by atoms with E-state index in [1.807, 2.05) is 55.5 Å². The van der Waals surface area contributed by atoms with Crippen LogP contribution >= 0.6 is 27.5 Å². The first-order chi connectivity index (χ1) is 10.6. The molecule has 0 aliphatic rings. The van der Waals surface area contributed by atoms with Gasteiger partial charge in [0.15, 0.2) is 0 Å². The van der Waals surface area contributed by atoms with Crippen LogP contribution in [-0.4, -0.2) is 24.4 Å². The van der Waals surface area contributed by atoms with Gasteiger partial charge in [-0.05, 0) is 52.7 Å². The number of aliphatic hydroxyl groups excluding tert-OH is 1. The summed E-state index contributed by atoms with van der Waals surface area (Å²) in [5, 5.41) is 14.0. The van der Waals surface area contributed by atoms with E-state index in [2.05, 4.69) is 21.2 Å². The number of ether oxygens (including phenoxy) is 1. The van der Waals surface area contributed by atoms with Crippen molar-refractivity contribution in [1.29, 1.82) is 0 Å². The molecule has 118 valence electrons. The van der Waals surface area contributed by atoms with E-state index in [0.29, 0.717) is 11.6 Å². The lowest BCUT2D eigenvalue weighted by atomic mass is 10.1. The van der Waals surface area contributed by atoms with Crippen LogP contribution in [0, 0.1) is 0 Å². The predicted molar refractivity (Wildman–Crippen MR) is 93.5 cm³/mol. The van der Waals surface area contributed by atoms with E-state index in [1.165, 1.54) is 0 Å². The van der Waals surface area contributed by atoms with Gasteiger partial charge in [-0.3, -0.25) is 0 Å². The molecule has 22 heavy (non-hydrogen) atoms. The molecule has 0 heterocycles. The van der Waals surface area contributed by atoms with E-state index >= 15 is 0 Å². The van der Waals surface area contributed by atoms with Gasteiger partial charge in [-0.2, -0.15) is 0 Å². The third-order valence-electron chi connectivity index (χ3n) is 3.28. The maximum absolute atomic E-state index is 10.0. The molecular formula is C17H19BrClNO2. The van der Waals surface area contributed by atoms with Crippen molar-refractivity contribution in [2.45, 2.75) is 19.1 Å². The van der Waals surface area contributed by atoms with Crippen LogP contribution in [0.15, 0.2) is 53.0 Å². The average molecular weight is 385 g/mol. The first kappa shape index (κ1) is 17.3. The van der Waals surface area contributed by atoms with Gasteiger partial charge in [-0.15, -0.1) is 0 Å². The van der Waals surface area contributed by atoms with Crippen molar-refractivity contribution in [1.82, 2.24) is 5.32 Å². The van der Waals surface area contributed by atoms with Gasteiger partial charge in [0.2, 0.25) is 0 Å². The van der Waals surface area contributed by atoms with Gasteiger partial charge in [-0.1, -0.05) is 35.9 Å². The zero-order valence-corrected chi connectivity index (χ0v) is 14.6. The Labute approximate surface area is 144 Å². The molecule has 2 rings (SSSR count). The third kappa shape index (κ3) is 5.29. The maximum atomic E-state index is 10.0. The maximum Gasteiger partial charge on any atom is 0.133 e. The first-order valence-corrected chi connectivity index (χ1v) is 8.27. The van der Waals surface area contributed by atoms with Crippen LogP contribution in [0.25, 0.3) is 0 Å². The van der Waals surface area contributed by atoms with Crippen molar-refractivity contribution in [3.05, 3.63) is 63.6 Å². The molecule has 0 aliphatic heterocycles. The van der Waals surface area contributed by atoms with Crippen molar-refractivity contribution in [3.63, 3.8) is 0 Å². The minimum atomic E-state index is -0.589. The minimum absolute atomic E-state index is 0.108. The normalized spacial score (nSPS) is 13.6. The molecule has 0 amide bonds. The molecule has 2 atom stereocenters. The van der Waals surface area contributed by atoms with Crippen LogP contribution in [-0.2, 0) is 0 Å². The summed E-state index contributed by atoms with van der Waals surface area (Å²) in [4.78, 5) is 0. The van der Waals surface area contributed by atoms with Crippen molar-refractivity contribution >= 4 is 27.5 Å². The number of halogens is 2. The van der Waals surface area contributed by atoms with Gasteiger partial charge in [-0.25, -0.2) is 0 Å². The van der Waals surface area contributed by atoms with Crippen molar-refractivity contribution in [2.24, 2.45) is 0 Å². The fourth-order valence-corrected chi connectivity index (χ4v) is 2.61. The number of nitrogens with one attached hydrogen (secondary N) is 1. The second kappa shape index (κ2) is 8.53. The Morgan fingerprint density at radius 3 is 2.73 bits per heavy atom. The Balaban J connectivity index is 1.78. The van der Waals surface area contributed by atoms with Crippen LogP contribution in [0.2, 0.25) is 5.02 Å². The number of hydrogen-bond donors (Lipinski definition) is 2. The number of para-hydroxylation sites is 1. The highest BCUT2D eigenvalue weighted by Crippen LogP contribution is 2.23. The van der Waals surface area contributed by atoms with E-state index in [-0.39, 0.29) is 12.6 Å². The largest absolute Gasteiger partial charge is 0.490 e.